The van der Waals surface area contributed by atoms with Crippen LogP contribution in [0.5, 0.6) is 0 Å². The van der Waals surface area contributed by atoms with Crippen LogP contribution < -0.4 is 0 Å². The van der Waals surface area contributed by atoms with Crippen LogP contribution in [0.15, 0.2) is 23.2 Å². The Bertz CT molecular complexity index is 332. The van der Waals surface area contributed by atoms with Crippen LogP contribution in [0, 0.1) is 11.6 Å². The molecule has 1 rings (SSSR count). The summed E-state index contributed by atoms with van der Waals surface area (Å²) in [6.07, 6.45) is 1.25. The van der Waals surface area contributed by atoms with Crippen LogP contribution in [0.25, 0.3) is 0 Å². The molecule has 62 valence electrons. The summed E-state index contributed by atoms with van der Waals surface area (Å²) in [7, 11) is 0. The van der Waals surface area contributed by atoms with Crippen LogP contribution in [0.4, 0.5) is 8.78 Å². The van der Waals surface area contributed by atoms with Crippen molar-refractivity contribution in [2.45, 2.75) is 6.54 Å². The maximum Gasteiger partial charge on any atom is 0.235 e. The van der Waals surface area contributed by atoms with Gasteiger partial charge in [-0.3, -0.25) is 0 Å². The Hall–Kier alpha value is -1.54. The minimum Gasteiger partial charge on any atom is -0.211 e. The molecule has 0 aliphatic carbocycles. The van der Waals surface area contributed by atoms with Crippen LogP contribution in [0.2, 0.25) is 0 Å². The van der Waals surface area contributed by atoms with Crippen molar-refractivity contribution < 1.29 is 13.6 Å². The molecule has 0 spiro atoms. The highest BCUT2D eigenvalue weighted by atomic mass is 19.1. The third kappa shape index (κ3) is 1.97. The van der Waals surface area contributed by atoms with Gasteiger partial charge in [-0.25, -0.2) is 18.6 Å². The number of hydrogen-bond acceptors (Lipinski definition) is 2. The standard InChI is InChI=1S/C8H5F2NO/c9-7-1-2-8(10)6(3-7)4-11-5-12/h1-3H,4H2. The Balaban J connectivity index is 2.96. The van der Waals surface area contributed by atoms with Gasteiger partial charge in [0.25, 0.3) is 0 Å². The number of nitrogens with zero attached hydrogens (tertiary/aromatic N) is 1. The lowest BCUT2D eigenvalue weighted by Gasteiger charge is -1.96. The lowest BCUT2D eigenvalue weighted by atomic mass is 10.2. The summed E-state index contributed by atoms with van der Waals surface area (Å²) in [6, 6.07) is 2.99. The minimum atomic E-state index is -0.574. The predicted octanol–water partition coefficient (Wildman–Crippen LogP) is 1.80. The van der Waals surface area contributed by atoms with Crippen molar-refractivity contribution in [2.75, 3.05) is 0 Å². The predicted molar refractivity (Wildman–Crippen MR) is 38.2 cm³/mol. The summed E-state index contributed by atoms with van der Waals surface area (Å²) in [5, 5.41) is 0. The lowest BCUT2D eigenvalue weighted by molar-refractivity contribution is 0.560. The molecule has 12 heavy (non-hydrogen) atoms. The van der Waals surface area contributed by atoms with Gasteiger partial charge in [-0.15, -0.1) is 0 Å². The number of hydrogen-bond donors (Lipinski definition) is 0. The highest BCUT2D eigenvalue weighted by Gasteiger charge is 2.01. The molecule has 4 heteroatoms. The Kier molecular flexibility index (Phi) is 2.66. The normalized spacial score (nSPS) is 9.17. The highest BCUT2D eigenvalue weighted by molar-refractivity contribution is 5.33. The van der Waals surface area contributed by atoms with Crippen molar-refractivity contribution in [1.82, 2.24) is 0 Å². The first-order chi connectivity index (χ1) is 5.74. The zero-order valence-electron chi connectivity index (χ0n) is 6.05. The number of rotatable bonds is 2. The van der Waals surface area contributed by atoms with E-state index in [1.54, 1.807) is 0 Å². The van der Waals surface area contributed by atoms with E-state index in [0.717, 1.165) is 18.2 Å². The largest absolute Gasteiger partial charge is 0.235 e. The van der Waals surface area contributed by atoms with Gasteiger partial charge in [0.1, 0.15) is 11.6 Å². The highest BCUT2D eigenvalue weighted by Crippen LogP contribution is 2.09. The Morgan fingerprint density at radius 3 is 2.83 bits per heavy atom. The summed E-state index contributed by atoms with van der Waals surface area (Å²) in [5.41, 5.74) is 0.0540. The molecule has 0 saturated heterocycles. The van der Waals surface area contributed by atoms with E-state index in [4.69, 9.17) is 0 Å². The van der Waals surface area contributed by atoms with Crippen molar-refractivity contribution >= 4 is 6.08 Å². The molecule has 0 bridgehead atoms. The lowest BCUT2D eigenvalue weighted by Crippen LogP contribution is -1.89. The number of aliphatic imine (C=N–C) groups is 1. The molecule has 0 N–H and O–H groups in total. The third-order valence-corrected chi connectivity index (χ3v) is 1.32. The van der Waals surface area contributed by atoms with Gasteiger partial charge < -0.3 is 0 Å². The van der Waals surface area contributed by atoms with E-state index in [2.05, 4.69) is 4.99 Å². The first-order valence-corrected chi connectivity index (χ1v) is 3.21. The zero-order valence-corrected chi connectivity index (χ0v) is 6.05. The molecule has 0 amide bonds. The van der Waals surface area contributed by atoms with E-state index in [1.165, 1.54) is 6.08 Å². The summed E-state index contributed by atoms with van der Waals surface area (Å²) < 4.78 is 25.2. The molecule has 1 aromatic carbocycles. The fraction of sp³-hybridized carbons (Fsp3) is 0.125. The van der Waals surface area contributed by atoms with Crippen LogP contribution in [-0.4, -0.2) is 6.08 Å². The van der Waals surface area contributed by atoms with Crippen LogP contribution in [0.1, 0.15) is 5.56 Å². The Morgan fingerprint density at radius 2 is 2.17 bits per heavy atom. The molecule has 0 unspecified atom stereocenters. The van der Waals surface area contributed by atoms with Crippen molar-refractivity contribution in [3.8, 4) is 0 Å². The van der Waals surface area contributed by atoms with Gasteiger partial charge in [0.05, 0.1) is 6.54 Å². The van der Waals surface area contributed by atoms with E-state index in [-0.39, 0.29) is 12.1 Å². The quantitative estimate of drug-likeness (QED) is 0.490. The number of halogens is 2. The smallest absolute Gasteiger partial charge is 0.211 e. The third-order valence-electron chi connectivity index (χ3n) is 1.32. The van der Waals surface area contributed by atoms with Crippen molar-refractivity contribution in [3.05, 3.63) is 35.4 Å². The fourth-order valence-corrected chi connectivity index (χ4v) is 0.782. The molecular weight excluding hydrogens is 164 g/mol. The molecule has 2 nitrogen and oxygen atoms in total. The van der Waals surface area contributed by atoms with Crippen LogP contribution in [0.3, 0.4) is 0 Å². The molecule has 0 aromatic heterocycles. The number of benzene rings is 1. The Labute approximate surface area is 67.5 Å². The van der Waals surface area contributed by atoms with Gasteiger partial charge in [0.15, 0.2) is 0 Å². The average Bonchev–Trinajstić information content (AvgIpc) is 2.07. The maximum atomic E-state index is 12.7. The van der Waals surface area contributed by atoms with Crippen molar-refractivity contribution in [2.24, 2.45) is 4.99 Å². The van der Waals surface area contributed by atoms with Gasteiger partial charge in [-0.05, 0) is 18.2 Å². The molecule has 0 atom stereocenters. The molecular formula is C8H5F2NO. The summed E-state index contributed by atoms with van der Waals surface area (Å²) in [5.74, 6) is -1.12. The maximum absolute atomic E-state index is 12.7. The van der Waals surface area contributed by atoms with E-state index in [0.29, 0.717) is 0 Å². The number of carbonyl (C=O) groups excluding carboxylic acids is 1. The van der Waals surface area contributed by atoms with Gasteiger partial charge in [0.2, 0.25) is 6.08 Å². The molecule has 0 radical (unpaired) electrons. The van der Waals surface area contributed by atoms with E-state index in [1.807, 2.05) is 0 Å². The molecule has 0 aliphatic heterocycles. The van der Waals surface area contributed by atoms with Gasteiger partial charge in [-0.2, -0.15) is 0 Å². The second-order valence-corrected chi connectivity index (χ2v) is 2.14. The first-order valence-electron chi connectivity index (χ1n) is 3.21. The number of isocyanates is 1. The molecule has 0 heterocycles. The second-order valence-electron chi connectivity index (χ2n) is 2.14. The van der Waals surface area contributed by atoms with Gasteiger partial charge >= 0.3 is 0 Å². The van der Waals surface area contributed by atoms with E-state index < -0.39 is 11.6 Å². The van der Waals surface area contributed by atoms with Gasteiger partial charge in [0, 0.05) is 5.56 Å². The molecule has 0 saturated carbocycles. The summed E-state index contributed by atoms with van der Waals surface area (Å²) in [6.45, 7) is -0.174. The van der Waals surface area contributed by atoms with Crippen LogP contribution in [-0.2, 0) is 11.3 Å². The SMILES string of the molecule is O=C=NCc1cc(F)ccc1F. The van der Waals surface area contributed by atoms with Crippen LogP contribution >= 0.6 is 0 Å². The molecule has 1 aromatic rings. The topological polar surface area (TPSA) is 29.4 Å². The van der Waals surface area contributed by atoms with E-state index >= 15 is 0 Å². The minimum absolute atomic E-state index is 0.0540. The molecule has 0 aliphatic rings. The van der Waals surface area contributed by atoms with E-state index in [9.17, 15) is 13.6 Å². The average molecular weight is 169 g/mol. The first kappa shape index (κ1) is 8.56. The summed E-state index contributed by atoms with van der Waals surface area (Å²) >= 11 is 0. The zero-order chi connectivity index (χ0) is 8.97. The fourth-order valence-electron chi connectivity index (χ4n) is 0.782. The summed E-state index contributed by atoms with van der Waals surface area (Å²) in [4.78, 5) is 12.8. The second kappa shape index (κ2) is 3.74. The van der Waals surface area contributed by atoms with Gasteiger partial charge in [-0.1, -0.05) is 0 Å². The molecule has 0 fully saturated rings. The van der Waals surface area contributed by atoms with Crippen molar-refractivity contribution in [3.63, 3.8) is 0 Å². The Morgan fingerprint density at radius 1 is 1.42 bits per heavy atom. The van der Waals surface area contributed by atoms with Crippen molar-refractivity contribution in [1.29, 1.82) is 0 Å². The monoisotopic (exact) mass is 169 g/mol.